The van der Waals surface area contributed by atoms with Crippen LogP contribution in [0.5, 0.6) is 0 Å². The Bertz CT molecular complexity index is 488. The van der Waals surface area contributed by atoms with Gasteiger partial charge >= 0.3 is 5.97 Å². The highest BCUT2D eigenvalue weighted by molar-refractivity contribution is 5.96. The first-order valence-corrected chi connectivity index (χ1v) is 7.15. The molecule has 1 saturated heterocycles. The summed E-state index contributed by atoms with van der Waals surface area (Å²) in [5, 5.41) is 0. The van der Waals surface area contributed by atoms with Crippen molar-refractivity contribution in [2.24, 2.45) is 0 Å². The van der Waals surface area contributed by atoms with E-state index in [9.17, 15) is 9.18 Å². The molecule has 0 atom stereocenters. The van der Waals surface area contributed by atoms with Gasteiger partial charge in [-0.25, -0.2) is 9.18 Å². The third-order valence-electron chi connectivity index (χ3n) is 3.28. The van der Waals surface area contributed by atoms with Crippen LogP contribution in [0, 0.1) is 5.82 Å². The fraction of sp³-hybridized carbons (Fsp3) is 0.562. The number of hydrogen-bond acceptors (Lipinski definition) is 3. The standard InChI is InChI=1S/C16H22FNO2/c1-16(2,3)20-15(19)13-8-7-12(17)11-14(13)18-9-5-4-6-10-18/h7-8,11H,4-6,9-10H2,1-3H3. The minimum Gasteiger partial charge on any atom is -0.456 e. The van der Waals surface area contributed by atoms with Crippen molar-refractivity contribution < 1.29 is 13.9 Å². The van der Waals surface area contributed by atoms with E-state index in [1.54, 1.807) is 0 Å². The number of hydrogen-bond donors (Lipinski definition) is 0. The number of esters is 1. The van der Waals surface area contributed by atoms with E-state index in [4.69, 9.17) is 4.74 Å². The van der Waals surface area contributed by atoms with Gasteiger partial charge in [-0.05, 0) is 58.2 Å². The van der Waals surface area contributed by atoms with Crippen LogP contribution in [-0.4, -0.2) is 24.7 Å². The molecule has 0 unspecified atom stereocenters. The highest BCUT2D eigenvalue weighted by Gasteiger charge is 2.23. The Hall–Kier alpha value is -1.58. The van der Waals surface area contributed by atoms with Crippen LogP contribution in [-0.2, 0) is 4.74 Å². The molecule has 0 amide bonds. The Morgan fingerprint density at radius 2 is 1.85 bits per heavy atom. The second kappa shape index (κ2) is 5.81. The normalized spacial score (nSPS) is 16.1. The number of anilines is 1. The van der Waals surface area contributed by atoms with Gasteiger partial charge in [-0.1, -0.05) is 0 Å². The summed E-state index contributed by atoms with van der Waals surface area (Å²) in [4.78, 5) is 14.3. The molecule has 0 radical (unpaired) electrons. The third-order valence-corrected chi connectivity index (χ3v) is 3.28. The molecule has 0 saturated carbocycles. The van der Waals surface area contributed by atoms with E-state index in [1.807, 2.05) is 20.8 Å². The van der Waals surface area contributed by atoms with Crippen LogP contribution >= 0.6 is 0 Å². The molecule has 110 valence electrons. The van der Waals surface area contributed by atoms with Crippen LogP contribution < -0.4 is 4.90 Å². The molecular formula is C16H22FNO2. The maximum absolute atomic E-state index is 13.5. The number of carbonyl (C=O) groups is 1. The molecule has 1 aromatic rings. The molecule has 1 fully saturated rings. The first-order valence-electron chi connectivity index (χ1n) is 7.15. The monoisotopic (exact) mass is 279 g/mol. The average Bonchev–Trinajstić information content (AvgIpc) is 2.37. The fourth-order valence-electron chi connectivity index (χ4n) is 2.41. The summed E-state index contributed by atoms with van der Waals surface area (Å²) in [6.07, 6.45) is 3.34. The molecule has 2 rings (SSSR count). The first kappa shape index (κ1) is 14.8. The topological polar surface area (TPSA) is 29.5 Å². The Balaban J connectivity index is 2.30. The second-order valence-corrected chi connectivity index (χ2v) is 6.21. The van der Waals surface area contributed by atoms with Crippen molar-refractivity contribution in [3.8, 4) is 0 Å². The molecule has 0 N–H and O–H groups in total. The summed E-state index contributed by atoms with van der Waals surface area (Å²) in [6.45, 7) is 7.21. The van der Waals surface area contributed by atoms with Gasteiger partial charge < -0.3 is 9.64 Å². The van der Waals surface area contributed by atoms with Gasteiger partial charge in [-0.3, -0.25) is 0 Å². The van der Waals surface area contributed by atoms with Crippen LogP contribution in [0.2, 0.25) is 0 Å². The number of halogens is 1. The van der Waals surface area contributed by atoms with Crippen LogP contribution in [0.4, 0.5) is 10.1 Å². The summed E-state index contributed by atoms with van der Waals surface area (Å²) in [5.74, 6) is -0.712. The van der Waals surface area contributed by atoms with E-state index in [1.165, 1.54) is 24.6 Å². The minimum atomic E-state index is -0.551. The predicted octanol–water partition coefficient (Wildman–Crippen LogP) is 3.77. The lowest BCUT2D eigenvalue weighted by Gasteiger charge is -2.30. The van der Waals surface area contributed by atoms with Gasteiger partial charge in [0.15, 0.2) is 0 Å². The predicted molar refractivity (Wildman–Crippen MR) is 77.6 cm³/mol. The summed E-state index contributed by atoms with van der Waals surface area (Å²) >= 11 is 0. The van der Waals surface area contributed by atoms with E-state index in [0.29, 0.717) is 11.3 Å². The molecule has 1 heterocycles. The second-order valence-electron chi connectivity index (χ2n) is 6.21. The smallest absolute Gasteiger partial charge is 0.340 e. The Morgan fingerprint density at radius 1 is 1.20 bits per heavy atom. The van der Waals surface area contributed by atoms with Gasteiger partial charge in [0.1, 0.15) is 11.4 Å². The minimum absolute atomic E-state index is 0.321. The molecular weight excluding hydrogens is 257 g/mol. The van der Waals surface area contributed by atoms with Crippen molar-refractivity contribution in [1.82, 2.24) is 0 Å². The van der Waals surface area contributed by atoms with Gasteiger partial charge in [0.05, 0.1) is 11.3 Å². The molecule has 0 aromatic heterocycles. The van der Waals surface area contributed by atoms with Crippen LogP contribution in [0.15, 0.2) is 18.2 Å². The van der Waals surface area contributed by atoms with Gasteiger partial charge in [0.25, 0.3) is 0 Å². The summed E-state index contributed by atoms with van der Waals surface area (Å²) < 4.78 is 18.9. The van der Waals surface area contributed by atoms with Gasteiger partial charge in [0, 0.05) is 13.1 Å². The quantitative estimate of drug-likeness (QED) is 0.772. The van der Waals surface area contributed by atoms with Crippen molar-refractivity contribution in [2.45, 2.75) is 45.6 Å². The van der Waals surface area contributed by atoms with Crippen LogP contribution in [0.1, 0.15) is 50.4 Å². The largest absolute Gasteiger partial charge is 0.456 e. The number of ether oxygens (including phenoxy) is 1. The molecule has 1 aromatic carbocycles. The maximum Gasteiger partial charge on any atom is 0.340 e. The third kappa shape index (κ3) is 3.71. The molecule has 1 aliphatic heterocycles. The summed E-state index contributed by atoms with van der Waals surface area (Å²) in [5.41, 5.74) is 0.548. The number of rotatable bonds is 2. The lowest BCUT2D eigenvalue weighted by Crippen LogP contribution is -2.32. The lowest BCUT2D eigenvalue weighted by molar-refractivity contribution is 0.00702. The van der Waals surface area contributed by atoms with E-state index in [2.05, 4.69) is 4.90 Å². The van der Waals surface area contributed by atoms with Crippen molar-refractivity contribution in [1.29, 1.82) is 0 Å². The Morgan fingerprint density at radius 3 is 2.45 bits per heavy atom. The van der Waals surface area contributed by atoms with Crippen molar-refractivity contribution in [2.75, 3.05) is 18.0 Å². The number of piperidine rings is 1. The first-order chi connectivity index (χ1) is 9.37. The number of carbonyl (C=O) groups excluding carboxylic acids is 1. The molecule has 0 spiro atoms. The van der Waals surface area contributed by atoms with E-state index >= 15 is 0 Å². The molecule has 0 aliphatic carbocycles. The van der Waals surface area contributed by atoms with E-state index in [0.717, 1.165) is 25.9 Å². The Kier molecular flexibility index (Phi) is 4.31. The van der Waals surface area contributed by atoms with Gasteiger partial charge in [-0.2, -0.15) is 0 Å². The lowest BCUT2D eigenvalue weighted by atomic mass is 10.1. The highest BCUT2D eigenvalue weighted by atomic mass is 19.1. The van der Waals surface area contributed by atoms with Crippen molar-refractivity contribution in [3.05, 3.63) is 29.6 Å². The number of nitrogens with zero attached hydrogens (tertiary/aromatic N) is 1. The van der Waals surface area contributed by atoms with E-state index < -0.39 is 11.6 Å². The SMILES string of the molecule is CC(C)(C)OC(=O)c1ccc(F)cc1N1CCCCC1. The summed E-state index contributed by atoms with van der Waals surface area (Å²) in [7, 11) is 0. The zero-order valence-electron chi connectivity index (χ0n) is 12.4. The summed E-state index contributed by atoms with van der Waals surface area (Å²) in [6, 6.07) is 4.27. The average molecular weight is 279 g/mol. The highest BCUT2D eigenvalue weighted by Crippen LogP contribution is 2.27. The van der Waals surface area contributed by atoms with E-state index in [-0.39, 0.29) is 5.82 Å². The molecule has 4 heteroatoms. The zero-order chi connectivity index (χ0) is 14.8. The molecule has 0 bridgehead atoms. The molecule has 3 nitrogen and oxygen atoms in total. The van der Waals surface area contributed by atoms with Crippen LogP contribution in [0.3, 0.4) is 0 Å². The molecule has 20 heavy (non-hydrogen) atoms. The number of benzene rings is 1. The maximum atomic E-state index is 13.5. The van der Waals surface area contributed by atoms with Gasteiger partial charge in [0.2, 0.25) is 0 Å². The van der Waals surface area contributed by atoms with Crippen molar-refractivity contribution >= 4 is 11.7 Å². The molecule has 1 aliphatic rings. The van der Waals surface area contributed by atoms with Crippen molar-refractivity contribution in [3.63, 3.8) is 0 Å². The fourth-order valence-corrected chi connectivity index (χ4v) is 2.41. The Labute approximate surface area is 119 Å². The van der Waals surface area contributed by atoms with Crippen LogP contribution in [0.25, 0.3) is 0 Å². The zero-order valence-corrected chi connectivity index (χ0v) is 12.4. The van der Waals surface area contributed by atoms with Gasteiger partial charge in [-0.15, -0.1) is 0 Å².